The fourth-order valence-electron chi connectivity index (χ4n) is 0.927. The summed E-state index contributed by atoms with van der Waals surface area (Å²) in [6.07, 6.45) is 0.832. The van der Waals surface area contributed by atoms with Gasteiger partial charge in [0.1, 0.15) is 0 Å². The summed E-state index contributed by atoms with van der Waals surface area (Å²) in [5, 5.41) is -0.357. The molecule has 0 fully saturated rings. The van der Waals surface area contributed by atoms with E-state index in [0.717, 1.165) is 13.0 Å². The topological polar surface area (TPSA) is 49.4 Å². The van der Waals surface area contributed by atoms with Gasteiger partial charge in [-0.1, -0.05) is 0 Å². The summed E-state index contributed by atoms with van der Waals surface area (Å²) in [5.41, 5.74) is 0. The Balaban J connectivity index is 4.00. The van der Waals surface area contributed by atoms with Crippen molar-refractivity contribution in [1.82, 2.24) is 9.62 Å². The predicted octanol–water partition coefficient (Wildman–Crippen LogP) is 0.654. The molecule has 5 heteroatoms. The van der Waals surface area contributed by atoms with E-state index in [-0.39, 0.29) is 11.3 Å². The maximum absolute atomic E-state index is 11.5. The lowest BCUT2D eigenvalue weighted by Gasteiger charge is -2.18. The second-order valence-corrected chi connectivity index (χ2v) is 6.47. The Morgan fingerprint density at radius 2 is 1.71 bits per heavy atom. The van der Waals surface area contributed by atoms with Gasteiger partial charge in [-0.3, -0.25) is 0 Å². The van der Waals surface area contributed by atoms with E-state index in [4.69, 9.17) is 0 Å². The first-order valence-electron chi connectivity index (χ1n) is 4.91. The van der Waals surface area contributed by atoms with Crippen molar-refractivity contribution in [3.8, 4) is 0 Å². The lowest BCUT2D eigenvalue weighted by atomic mass is 10.2. The number of hydrogen-bond acceptors (Lipinski definition) is 3. The van der Waals surface area contributed by atoms with Gasteiger partial charge in [0.05, 0.1) is 5.25 Å². The summed E-state index contributed by atoms with van der Waals surface area (Å²) >= 11 is 0. The Morgan fingerprint density at radius 1 is 1.21 bits per heavy atom. The summed E-state index contributed by atoms with van der Waals surface area (Å²) in [6, 6.07) is 0.00444. The Hall–Kier alpha value is -0.130. The van der Waals surface area contributed by atoms with Crippen molar-refractivity contribution in [2.24, 2.45) is 0 Å². The molecule has 0 aliphatic heterocycles. The zero-order chi connectivity index (χ0) is 11.4. The first kappa shape index (κ1) is 13.9. The summed E-state index contributed by atoms with van der Waals surface area (Å²) in [5.74, 6) is 0. The number of sulfonamides is 1. The molecule has 0 bridgehead atoms. The highest BCUT2D eigenvalue weighted by molar-refractivity contribution is 7.90. The van der Waals surface area contributed by atoms with Crippen molar-refractivity contribution < 1.29 is 8.42 Å². The third-order valence-corrected chi connectivity index (χ3v) is 3.97. The van der Waals surface area contributed by atoms with Gasteiger partial charge in [-0.2, -0.15) is 0 Å². The minimum Gasteiger partial charge on any atom is -0.309 e. The van der Waals surface area contributed by atoms with E-state index < -0.39 is 10.0 Å². The Morgan fingerprint density at radius 3 is 2.07 bits per heavy atom. The minimum atomic E-state index is -3.11. The van der Waals surface area contributed by atoms with Crippen molar-refractivity contribution in [3.63, 3.8) is 0 Å². The molecule has 0 saturated heterocycles. The molecule has 1 unspecified atom stereocenters. The van der Waals surface area contributed by atoms with E-state index in [1.807, 2.05) is 25.9 Å². The van der Waals surface area contributed by atoms with Crippen LogP contribution in [0.3, 0.4) is 0 Å². The van der Waals surface area contributed by atoms with Crippen molar-refractivity contribution in [1.29, 1.82) is 0 Å². The quantitative estimate of drug-likeness (QED) is 0.718. The fraction of sp³-hybridized carbons (Fsp3) is 1.00. The first-order chi connectivity index (χ1) is 6.25. The molecule has 14 heavy (non-hydrogen) atoms. The average molecular weight is 222 g/mol. The predicted molar refractivity (Wildman–Crippen MR) is 59.8 cm³/mol. The van der Waals surface area contributed by atoms with Crippen molar-refractivity contribution in [2.45, 2.75) is 38.5 Å². The molecule has 0 aliphatic rings. The first-order valence-corrected chi connectivity index (χ1v) is 6.46. The Bertz CT molecular complexity index is 248. The van der Waals surface area contributed by atoms with Crippen LogP contribution in [-0.4, -0.2) is 45.2 Å². The molecule has 0 heterocycles. The number of nitrogens with zero attached hydrogens (tertiary/aromatic N) is 1. The van der Waals surface area contributed by atoms with Gasteiger partial charge >= 0.3 is 0 Å². The second-order valence-electron chi connectivity index (χ2n) is 4.20. The monoisotopic (exact) mass is 222 g/mol. The number of rotatable bonds is 6. The molecular weight excluding hydrogens is 200 g/mol. The SMILES string of the molecule is CC(CCN(C)C)NS(=O)(=O)C(C)C. The molecule has 0 aromatic rings. The van der Waals surface area contributed by atoms with Crippen LogP contribution in [0.1, 0.15) is 27.2 Å². The lowest BCUT2D eigenvalue weighted by molar-refractivity contribution is 0.378. The Labute approximate surface area is 87.7 Å². The van der Waals surface area contributed by atoms with Crippen LogP contribution in [0, 0.1) is 0 Å². The molecule has 1 atom stereocenters. The standard InChI is InChI=1S/C9H22N2O2S/c1-8(2)14(12,13)10-9(3)6-7-11(4)5/h8-10H,6-7H2,1-5H3. The average Bonchev–Trinajstić information content (AvgIpc) is 1.99. The van der Waals surface area contributed by atoms with Gasteiger partial charge in [0.15, 0.2) is 0 Å². The summed E-state index contributed by atoms with van der Waals surface area (Å²) in [4.78, 5) is 2.04. The third-order valence-electron chi connectivity index (χ3n) is 2.00. The van der Waals surface area contributed by atoms with Crippen LogP contribution in [0.5, 0.6) is 0 Å². The van der Waals surface area contributed by atoms with Crippen molar-refractivity contribution in [2.75, 3.05) is 20.6 Å². The van der Waals surface area contributed by atoms with Gasteiger partial charge < -0.3 is 4.90 Å². The van der Waals surface area contributed by atoms with Crippen LogP contribution in [0.25, 0.3) is 0 Å². The van der Waals surface area contributed by atoms with E-state index in [2.05, 4.69) is 4.72 Å². The van der Waals surface area contributed by atoms with Crippen LogP contribution in [0.15, 0.2) is 0 Å². The van der Waals surface area contributed by atoms with E-state index in [1.54, 1.807) is 13.8 Å². The molecule has 0 spiro atoms. The van der Waals surface area contributed by atoms with Crippen molar-refractivity contribution in [3.05, 3.63) is 0 Å². The molecule has 0 radical (unpaired) electrons. The third kappa shape index (κ3) is 5.57. The molecular formula is C9H22N2O2S. The maximum Gasteiger partial charge on any atom is 0.214 e. The van der Waals surface area contributed by atoms with Gasteiger partial charge in [0, 0.05) is 6.04 Å². The fourth-order valence-corrected chi connectivity index (χ4v) is 1.88. The zero-order valence-corrected chi connectivity index (χ0v) is 10.6. The van der Waals surface area contributed by atoms with Crippen LogP contribution >= 0.6 is 0 Å². The normalized spacial score (nSPS) is 15.1. The van der Waals surface area contributed by atoms with Gasteiger partial charge in [0.2, 0.25) is 10.0 Å². The molecule has 0 aromatic heterocycles. The van der Waals surface area contributed by atoms with E-state index in [1.165, 1.54) is 0 Å². The van der Waals surface area contributed by atoms with E-state index in [0.29, 0.717) is 0 Å². The molecule has 86 valence electrons. The van der Waals surface area contributed by atoms with Crippen molar-refractivity contribution >= 4 is 10.0 Å². The zero-order valence-electron chi connectivity index (χ0n) is 9.74. The minimum absolute atomic E-state index is 0.00444. The maximum atomic E-state index is 11.5. The highest BCUT2D eigenvalue weighted by atomic mass is 32.2. The molecule has 0 aliphatic carbocycles. The number of nitrogens with one attached hydrogen (secondary N) is 1. The lowest BCUT2D eigenvalue weighted by Crippen LogP contribution is -2.38. The largest absolute Gasteiger partial charge is 0.309 e. The summed E-state index contributed by atoms with van der Waals surface area (Å²) < 4.78 is 25.6. The molecule has 1 N–H and O–H groups in total. The van der Waals surface area contributed by atoms with Crippen LogP contribution in [-0.2, 0) is 10.0 Å². The van der Waals surface area contributed by atoms with Gasteiger partial charge in [0.25, 0.3) is 0 Å². The smallest absolute Gasteiger partial charge is 0.214 e. The van der Waals surface area contributed by atoms with Crippen LogP contribution in [0.2, 0.25) is 0 Å². The van der Waals surface area contributed by atoms with E-state index in [9.17, 15) is 8.42 Å². The van der Waals surface area contributed by atoms with Crippen LogP contribution < -0.4 is 4.72 Å². The highest BCUT2D eigenvalue weighted by Gasteiger charge is 2.18. The molecule has 0 rings (SSSR count). The molecule has 0 amide bonds. The highest BCUT2D eigenvalue weighted by Crippen LogP contribution is 2.00. The van der Waals surface area contributed by atoms with E-state index >= 15 is 0 Å². The summed E-state index contributed by atoms with van der Waals surface area (Å²) in [7, 11) is 0.838. The Kier molecular flexibility index (Phi) is 5.63. The molecule has 4 nitrogen and oxygen atoms in total. The van der Waals surface area contributed by atoms with Gasteiger partial charge in [-0.25, -0.2) is 13.1 Å². The van der Waals surface area contributed by atoms with Gasteiger partial charge in [-0.15, -0.1) is 0 Å². The van der Waals surface area contributed by atoms with Gasteiger partial charge in [-0.05, 0) is 47.8 Å². The van der Waals surface area contributed by atoms with Crippen LogP contribution in [0.4, 0.5) is 0 Å². The number of hydrogen-bond donors (Lipinski definition) is 1. The second kappa shape index (κ2) is 5.68. The summed E-state index contributed by atoms with van der Waals surface area (Å²) in [6.45, 7) is 6.15. The molecule has 0 saturated carbocycles. The molecule has 0 aromatic carbocycles.